The molecule has 0 N–H and O–H groups in total. The molecular formula is C28H32ClN5O3S. The van der Waals surface area contributed by atoms with Crippen molar-refractivity contribution in [1.29, 1.82) is 0 Å². The minimum atomic E-state index is -0.488. The topological polar surface area (TPSA) is 81.7 Å². The normalized spacial score (nSPS) is 17.7. The number of nitrogens with zero attached hydrogens (tertiary/aromatic N) is 5. The maximum atomic E-state index is 13.7. The van der Waals surface area contributed by atoms with E-state index < -0.39 is 5.97 Å². The van der Waals surface area contributed by atoms with Gasteiger partial charge in [0.1, 0.15) is 16.2 Å². The zero-order valence-corrected chi connectivity index (χ0v) is 23.6. The van der Waals surface area contributed by atoms with Crippen LogP contribution in [-0.4, -0.2) is 43.7 Å². The third-order valence-electron chi connectivity index (χ3n) is 7.02. The monoisotopic (exact) mass is 553 g/mol. The molecule has 8 nitrogen and oxygen atoms in total. The van der Waals surface area contributed by atoms with Crippen molar-refractivity contribution in [3.8, 4) is 15.6 Å². The van der Waals surface area contributed by atoms with Crippen LogP contribution in [-0.2, 0) is 9.53 Å². The van der Waals surface area contributed by atoms with Gasteiger partial charge in [0.2, 0.25) is 5.91 Å². The minimum Gasteiger partial charge on any atom is -0.462 e. The number of imidazole rings is 1. The van der Waals surface area contributed by atoms with Crippen molar-refractivity contribution in [1.82, 2.24) is 19.2 Å². The van der Waals surface area contributed by atoms with Crippen molar-refractivity contribution in [2.24, 2.45) is 11.8 Å². The van der Waals surface area contributed by atoms with Gasteiger partial charge in [-0.1, -0.05) is 18.5 Å². The van der Waals surface area contributed by atoms with Crippen LogP contribution in [0.2, 0.25) is 5.02 Å². The second-order valence-electron chi connectivity index (χ2n) is 10.2. The summed E-state index contributed by atoms with van der Waals surface area (Å²) >= 11 is 7.62. The van der Waals surface area contributed by atoms with E-state index in [2.05, 4.69) is 6.92 Å². The first-order valence-corrected chi connectivity index (χ1v) is 14.3. The molecule has 0 atom stereocenters. The molecule has 1 aliphatic carbocycles. The molecule has 1 aliphatic rings. The van der Waals surface area contributed by atoms with E-state index in [-0.39, 0.29) is 30.0 Å². The predicted octanol–water partition coefficient (Wildman–Crippen LogP) is 6.65. The summed E-state index contributed by atoms with van der Waals surface area (Å²) in [7, 11) is 0. The highest BCUT2D eigenvalue weighted by atomic mass is 35.5. The van der Waals surface area contributed by atoms with E-state index in [1.807, 2.05) is 54.9 Å². The Morgan fingerprint density at radius 1 is 1.13 bits per heavy atom. The highest BCUT2D eigenvalue weighted by Crippen LogP contribution is 2.35. The van der Waals surface area contributed by atoms with Crippen LogP contribution in [0.1, 0.15) is 63.7 Å². The Morgan fingerprint density at radius 2 is 1.89 bits per heavy atom. The van der Waals surface area contributed by atoms with Crippen molar-refractivity contribution in [3.05, 3.63) is 53.4 Å². The quantitative estimate of drug-likeness (QED) is 0.239. The molecular weight excluding hydrogens is 522 g/mol. The molecule has 38 heavy (non-hydrogen) atoms. The summed E-state index contributed by atoms with van der Waals surface area (Å²) in [6.45, 7) is 8.15. The smallest absolute Gasteiger partial charge is 0.343 e. The number of thiophene rings is 1. The molecule has 4 aromatic heterocycles. The number of carbonyl (C=O) groups is 2. The van der Waals surface area contributed by atoms with E-state index >= 15 is 0 Å². The van der Waals surface area contributed by atoms with E-state index in [4.69, 9.17) is 26.4 Å². The summed E-state index contributed by atoms with van der Waals surface area (Å²) in [6.07, 6.45) is 9.20. The molecule has 10 heteroatoms. The molecule has 200 valence electrons. The van der Waals surface area contributed by atoms with Gasteiger partial charge in [-0.3, -0.25) is 9.69 Å². The average molecular weight is 554 g/mol. The highest BCUT2D eigenvalue weighted by molar-refractivity contribution is 7.17. The molecule has 5 rings (SSSR count). The van der Waals surface area contributed by atoms with Gasteiger partial charge in [-0.25, -0.2) is 14.5 Å². The second-order valence-corrected chi connectivity index (χ2v) is 11.7. The van der Waals surface area contributed by atoms with Crippen LogP contribution in [0.5, 0.6) is 0 Å². The molecule has 0 bridgehead atoms. The number of hydrogen-bond donors (Lipinski definition) is 0. The number of anilines is 1. The Labute approximate surface area is 231 Å². The largest absolute Gasteiger partial charge is 0.462 e. The fourth-order valence-corrected chi connectivity index (χ4v) is 6.04. The second kappa shape index (κ2) is 10.9. The third kappa shape index (κ3) is 5.22. The summed E-state index contributed by atoms with van der Waals surface area (Å²) in [6, 6.07) is 7.43. The zero-order valence-electron chi connectivity index (χ0n) is 22.1. The summed E-state index contributed by atoms with van der Waals surface area (Å²) in [5, 5.41) is 6.22. The van der Waals surface area contributed by atoms with Gasteiger partial charge >= 0.3 is 5.97 Å². The third-order valence-corrected chi connectivity index (χ3v) is 8.34. The van der Waals surface area contributed by atoms with Crippen LogP contribution in [0, 0.1) is 11.8 Å². The standard InChI is InChI=1S/C28H32ClN5O3S/c1-5-37-28(36)21-15-33(31-26(21)34(17(2)3)27(35)19-8-6-18(4)7-9-19)25-13-11-23(38-25)22-16-32-14-20(29)10-12-24(32)30-22/h10-19H,5-9H2,1-4H3/t18-,19-. The first-order valence-electron chi connectivity index (χ1n) is 13.1. The lowest BCUT2D eigenvalue weighted by Crippen LogP contribution is -2.43. The molecule has 1 saturated carbocycles. The van der Waals surface area contributed by atoms with Gasteiger partial charge in [-0.2, -0.15) is 0 Å². The van der Waals surface area contributed by atoms with Gasteiger partial charge in [0.15, 0.2) is 5.82 Å². The molecule has 0 unspecified atom stereocenters. The van der Waals surface area contributed by atoms with E-state index in [0.29, 0.717) is 16.8 Å². The van der Waals surface area contributed by atoms with Crippen molar-refractivity contribution in [2.45, 2.75) is 59.4 Å². The summed E-state index contributed by atoms with van der Waals surface area (Å²) in [5.41, 5.74) is 1.90. The average Bonchev–Trinajstić information content (AvgIpc) is 3.62. The van der Waals surface area contributed by atoms with Gasteiger partial charge in [-0.15, -0.1) is 16.4 Å². The number of carbonyl (C=O) groups excluding carboxylic acids is 2. The van der Waals surface area contributed by atoms with Gasteiger partial charge < -0.3 is 9.14 Å². The lowest BCUT2D eigenvalue weighted by Gasteiger charge is -2.32. The van der Waals surface area contributed by atoms with Gasteiger partial charge in [0.25, 0.3) is 0 Å². The number of halogens is 1. The molecule has 1 fully saturated rings. The van der Waals surface area contributed by atoms with E-state index in [1.165, 1.54) is 11.3 Å². The fourth-order valence-electron chi connectivity index (χ4n) is 4.99. The Bertz CT molecular complexity index is 1460. The minimum absolute atomic E-state index is 0.0259. The van der Waals surface area contributed by atoms with Gasteiger partial charge in [0, 0.05) is 30.6 Å². The predicted molar refractivity (Wildman–Crippen MR) is 150 cm³/mol. The molecule has 0 aromatic carbocycles. The Hall–Kier alpha value is -3.17. The lowest BCUT2D eigenvalue weighted by molar-refractivity contribution is -0.124. The first-order chi connectivity index (χ1) is 18.2. The van der Waals surface area contributed by atoms with Gasteiger partial charge in [-0.05, 0) is 76.6 Å². The van der Waals surface area contributed by atoms with Crippen molar-refractivity contribution >= 4 is 46.3 Å². The molecule has 1 amide bonds. The van der Waals surface area contributed by atoms with Crippen LogP contribution in [0.3, 0.4) is 0 Å². The number of ether oxygens (including phenoxy) is 1. The molecule has 4 aromatic rings. The Morgan fingerprint density at radius 3 is 2.61 bits per heavy atom. The van der Waals surface area contributed by atoms with Crippen LogP contribution in [0.15, 0.2) is 42.9 Å². The fraction of sp³-hybridized carbons (Fsp3) is 0.429. The molecule has 4 heterocycles. The number of amides is 1. The SMILES string of the molecule is CCOC(=O)c1cn(-c2ccc(-c3cn4cc(Cl)ccc4n3)s2)nc1N(C(=O)[C@H]1CC[C@H](C)CC1)C(C)C. The van der Waals surface area contributed by atoms with Crippen molar-refractivity contribution in [3.63, 3.8) is 0 Å². The van der Waals surface area contributed by atoms with Crippen LogP contribution >= 0.6 is 22.9 Å². The zero-order chi connectivity index (χ0) is 27.0. The molecule has 0 aliphatic heterocycles. The van der Waals surface area contributed by atoms with Crippen LogP contribution in [0.25, 0.3) is 21.2 Å². The molecule has 0 saturated heterocycles. The number of aromatic nitrogens is 4. The van der Waals surface area contributed by atoms with Crippen LogP contribution in [0.4, 0.5) is 5.82 Å². The maximum Gasteiger partial charge on any atom is 0.343 e. The lowest BCUT2D eigenvalue weighted by atomic mass is 9.82. The van der Waals surface area contributed by atoms with Crippen molar-refractivity contribution in [2.75, 3.05) is 11.5 Å². The number of pyridine rings is 1. The Balaban J connectivity index is 1.50. The van der Waals surface area contributed by atoms with E-state index in [1.54, 1.807) is 22.7 Å². The Kier molecular flexibility index (Phi) is 7.59. The molecule has 0 spiro atoms. The van der Waals surface area contributed by atoms with E-state index in [0.717, 1.165) is 46.9 Å². The number of esters is 1. The number of rotatable bonds is 7. The first kappa shape index (κ1) is 26.4. The molecule has 0 radical (unpaired) electrons. The summed E-state index contributed by atoms with van der Waals surface area (Å²) < 4.78 is 8.90. The van der Waals surface area contributed by atoms with Crippen LogP contribution < -0.4 is 4.90 Å². The maximum absolute atomic E-state index is 13.7. The summed E-state index contributed by atoms with van der Waals surface area (Å²) in [5.74, 6) is 0.459. The van der Waals surface area contributed by atoms with E-state index in [9.17, 15) is 9.59 Å². The number of hydrogen-bond acceptors (Lipinski definition) is 6. The highest BCUT2D eigenvalue weighted by Gasteiger charge is 2.34. The van der Waals surface area contributed by atoms with Crippen molar-refractivity contribution < 1.29 is 14.3 Å². The van der Waals surface area contributed by atoms with Gasteiger partial charge in [0.05, 0.1) is 22.2 Å². The number of fused-ring (bicyclic) bond motifs is 1. The summed E-state index contributed by atoms with van der Waals surface area (Å²) in [4.78, 5) is 34.1.